The van der Waals surface area contributed by atoms with Gasteiger partial charge in [0.2, 0.25) is 0 Å². The molecule has 1 amide bonds. The molecule has 3 rings (SSSR count). The van der Waals surface area contributed by atoms with Crippen molar-refractivity contribution in [1.29, 1.82) is 0 Å². The van der Waals surface area contributed by atoms with E-state index < -0.39 is 5.82 Å². The van der Waals surface area contributed by atoms with E-state index in [2.05, 4.69) is 37.1 Å². The highest BCUT2D eigenvalue weighted by molar-refractivity contribution is 5.93. The zero-order chi connectivity index (χ0) is 18.7. The molecule has 0 bridgehead atoms. The molecule has 0 aliphatic heterocycles. The van der Waals surface area contributed by atoms with Crippen LogP contribution in [-0.2, 0) is 0 Å². The highest BCUT2D eigenvalue weighted by atomic mass is 19.1. The number of hydrogen-bond acceptors (Lipinski definition) is 5. The van der Waals surface area contributed by atoms with E-state index in [1.54, 1.807) is 32.2 Å². The number of pyridine rings is 2. The minimum Gasteiger partial charge on any atom is -0.383 e. The maximum Gasteiger partial charge on any atom is 0.287 e. The molecule has 0 radical (unpaired) electrons. The van der Waals surface area contributed by atoms with Gasteiger partial charge in [-0.25, -0.2) is 19.3 Å². The molecule has 0 unspecified atom stereocenters. The van der Waals surface area contributed by atoms with Crippen LogP contribution in [0.5, 0.6) is 0 Å². The van der Waals surface area contributed by atoms with E-state index >= 15 is 0 Å². The third kappa shape index (κ3) is 3.62. The molecule has 0 aromatic carbocycles. The standard InChI is InChI=1S/C18H17FN6O/c1-10(5-3-6-12-9-22-15(20)11(2)14(12)19)23-18(26)17-24-13-7-4-8-21-16(13)25-17/h4,7-10H,5H2,1-2H3,(H2,20,22)(H,23,26)(H,21,24,25)/t10-/m0/s1. The molecular weight excluding hydrogens is 335 g/mol. The minimum atomic E-state index is -0.475. The van der Waals surface area contributed by atoms with E-state index in [1.165, 1.54) is 6.20 Å². The van der Waals surface area contributed by atoms with Crippen molar-refractivity contribution in [3.05, 3.63) is 47.3 Å². The Kier molecular flexibility index (Phi) is 4.80. The van der Waals surface area contributed by atoms with E-state index in [4.69, 9.17) is 5.73 Å². The summed E-state index contributed by atoms with van der Waals surface area (Å²) in [5, 5.41) is 2.79. The van der Waals surface area contributed by atoms with E-state index in [9.17, 15) is 9.18 Å². The molecule has 26 heavy (non-hydrogen) atoms. The molecule has 3 aromatic rings. The zero-order valence-electron chi connectivity index (χ0n) is 14.3. The summed E-state index contributed by atoms with van der Waals surface area (Å²) in [5.41, 5.74) is 7.16. The van der Waals surface area contributed by atoms with Gasteiger partial charge >= 0.3 is 0 Å². The van der Waals surface area contributed by atoms with E-state index in [1.807, 2.05) is 0 Å². The van der Waals surface area contributed by atoms with Gasteiger partial charge in [-0.05, 0) is 26.0 Å². The smallest absolute Gasteiger partial charge is 0.287 e. The van der Waals surface area contributed by atoms with Crippen LogP contribution in [0, 0.1) is 24.6 Å². The minimum absolute atomic E-state index is 0.147. The second kappa shape index (κ2) is 7.19. The van der Waals surface area contributed by atoms with Gasteiger partial charge in [-0.2, -0.15) is 0 Å². The van der Waals surface area contributed by atoms with Crippen LogP contribution in [0.3, 0.4) is 0 Å². The largest absolute Gasteiger partial charge is 0.383 e. The summed E-state index contributed by atoms with van der Waals surface area (Å²) in [7, 11) is 0. The molecule has 3 aromatic heterocycles. The molecule has 1 atom stereocenters. The normalized spacial score (nSPS) is 11.7. The third-order valence-corrected chi connectivity index (χ3v) is 3.76. The zero-order valence-corrected chi connectivity index (χ0v) is 14.3. The van der Waals surface area contributed by atoms with Crippen LogP contribution in [0.15, 0.2) is 24.5 Å². The molecular formula is C18H17FN6O. The van der Waals surface area contributed by atoms with Gasteiger partial charge in [0, 0.05) is 30.4 Å². The third-order valence-electron chi connectivity index (χ3n) is 3.76. The Morgan fingerprint density at radius 3 is 3.04 bits per heavy atom. The molecule has 8 heteroatoms. The summed E-state index contributed by atoms with van der Waals surface area (Å²) in [5.74, 6) is 5.06. The number of nitrogens with two attached hydrogens (primary N) is 1. The lowest BCUT2D eigenvalue weighted by Crippen LogP contribution is -2.32. The number of fused-ring (bicyclic) bond motifs is 1. The summed E-state index contributed by atoms with van der Waals surface area (Å²) < 4.78 is 14.0. The fraction of sp³-hybridized carbons (Fsp3) is 0.222. The second-order valence-corrected chi connectivity index (χ2v) is 5.84. The first kappa shape index (κ1) is 17.4. The van der Waals surface area contributed by atoms with Crippen molar-refractivity contribution in [3.8, 4) is 11.8 Å². The molecule has 3 heterocycles. The molecule has 0 spiro atoms. The lowest BCUT2D eigenvalue weighted by Gasteiger charge is -2.09. The van der Waals surface area contributed by atoms with Crippen molar-refractivity contribution < 1.29 is 9.18 Å². The number of nitrogens with zero attached hydrogens (tertiary/aromatic N) is 3. The highest BCUT2D eigenvalue weighted by Crippen LogP contribution is 2.15. The Hall–Kier alpha value is -3.47. The van der Waals surface area contributed by atoms with Crippen LogP contribution in [-0.4, -0.2) is 31.9 Å². The number of carbonyl (C=O) groups excluding carboxylic acids is 1. The Labute approximate surface area is 149 Å². The number of imidazole rings is 1. The summed E-state index contributed by atoms with van der Waals surface area (Å²) >= 11 is 0. The summed E-state index contributed by atoms with van der Waals surface area (Å²) in [6, 6.07) is 3.30. The van der Waals surface area contributed by atoms with Crippen molar-refractivity contribution in [2.75, 3.05) is 5.73 Å². The van der Waals surface area contributed by atoms with Crippen molar-refractivity contribution in [2.45, 2.75) is 26.3 Å². The Bertz CT molecular complexity index is 1000. The van der Waals surface area contributed by atoms with Crippen molar-refractivity contribution >= 4 is 22.9 Å². The lowest BCUT2D eigenvalue weighted by atomic mass is 10.1. The maximum atomic E-state index is 14.0. The van der Waals surface area contributed by atoms with Crippen molar-refractivity contribution in [3.63, 3.8) is 0 Å². The Morgan fingerprint density at radius 2 is 2.27 bits per heavy atom. The number of amides is 1. The second-order valence-electron chi connectivity index (χ2n) is 5.84. The van der Waals surface area contributed by atoms with Crippen LogP contribution in [0.25, 0.3) is 11.2 Å². The predicted octanol–water partition coefficient (Wildman–Crippen LogP) is 1.94. The first-order valence-electron chi connectivity index (χ1n) is 7.96. The average molecular weight is 352 g/mol. The maximum absolute atomic E-state index is 14.0. The number of nitrogen functional groups attached to an aromatic ring is 1. The average Bonchev–Trinajstić information content (AvgIpc) is 3.06. The van der Waals surface area contributed by atoms with Crippen LogP contribution >= 0.6 is 0 Å². The van der Waals surface area contributed by atoms with Gasteiger partial charge in [0.1, 0.15) is 11.6 Å². The van der Waals surface area contributed by atoms with Gasteiger partial charge in [0.25, 0.3) is 5.91 Å². The fourth-order valence-electron chi connectivity index (χ4n) is 2.28. The van der Waals surface area contributed by atoms with Crippen LogP contribution < -0.4 is 11.1 Å². The number of halogens is 1. The highest BCUT2D eigenvalue weighted by Gasteiger charge is 2.14. The summed E-state index contributed by atoms with van der Waals surface area (Å²) in [6.45, 7) is 3.35. The molecule has 0 saturated heterocycles. The van der Waals surface area contributed by atoms with Crippen molar-refractivity contribution in [1.82, 2.24) is 25.3 Å². The number of nitrogens with one attached hydrogen (secondary N) is 2. The molecule has 4 N–H and O–H groups in total. The number of aromatic nitrogens is 4. The van der Waals surface area contributed by atoms with E-state index in [0.29, 0.717) is 17.6 Å². The summed E-state index contributed by atoms with van der Waals surface area (Å²) in [4.78, 5) is 27.2. The SMILES string of the molecule is Cc1c(N)ncc(C#CC[C@H](C)NC(=O)c2nc3ncccc3[nH]2)c1F. The van der Waals surface area contributed by atoms with Crippen LogP contribution in [0.2, 0.25) is 0 Å². The number of hydrogen-bond donors (Lipinski definition) is 3. The lowest BCUT2D eigenvalue weighted by molar-refractivity contribution is 0.0931. The van der Waals surface area contributed by atoms with Gasteiger partial charge in [0.05, 0.1) is 11.1 Å². The van der Waals surface area contributed by atoms with Gasteiger partial charge in [0.15, 0.2) is 11.5 Å². The van der Waals surface area contributed by atoms with Gasteiger partial charge < -0.3 is 16.0 Å². The fourth-order valence-corrected chi connectivity index (χ4v) is 2.28. The Morgan fingerprint density at radius 1 is 1.46 bits per heavy atom. The number of rotatable bonds is 3. The Balaban J connectivity index is 1.63. The van der Waals surface area contributed by atoms with E-state index in [0.717, 1.165) is 0 Å². The molecule has 0 aliphatic rings. The van der Waals surface area contributed by atoms with Crippen molar-refractivity contribution in [2.24, 2.45) is 0 Å². The molecule has 0 saturated carbocycles. The summed E-state index contributed by atoms with van der Waals surface area (Å²) in [6.07, 6.45) is 3.25. The first-order valence-corrected chi connectivity index (χ1v) is 7.96. The molecule has 132 valence electrons. The molecule has 7 nitrogen and oxygen atoms in total. The quantitative estimate of drug-likeness (QED) is 0.624. The number of aromatic amines is 1. The number of carbonyl (C=O) groups is 1. The van der Waals surface area contributed by atoms with Crippen LogP contribution in [0.4, 0.5) is 10.2 Å². The molecule has 0 fully saturated rings. The van der Waals surface area contributed by atoms with Gasteiger partial charge in [-0.1, -0.05) is 11.8 Å². The van der Waals surface area contributed by atoms with Gasteiger partial charge in [-0.3, -0.25) is 4.79 Å². The number of H-pyrrole nitrogens is 1. The van der Waals surface area contributed by atoms with E-state index in [-0.39, 0.29) is 34.7 Å². The molecule has 0 aliphatic carbocycles. The topological polar surface area (TPSA) is 110 Å². The van der Waals surface area contributed by atoms with Gasteiger partial charge in [-0.15, -0.1) is 0 Å². The number of anilines is 1. The first-order chi connectivity index (χ1) is 12.5. The monoisotopic (exact) mass is 352 g/mol. The van der Waals surface area contributed by atoms with Crippen LogP contribution in [0.1, 0.15) is 35.1 Å². The predicted molar refractivity (Wildman–Crippen MR) is 95.7 cm³/mol.